The predicted octanol–water partition coefficient (Wildman–Crippen LogP) is 7.80. The Labute approximate surface area is 193 Å². The van der Waals surface area contributed by atoms with Crippen LogP contribution in [0.5, 0.6) is 11.5 Å². The molecule has 1 N–H and O–H groups in total. The maximum absolute atomic E-state index is 6.41. The van der Waals surface area contributed by atoms with Crippen molar-refractivity contribution in [3.05, 3.63) is 137 Å². The molecule has 0 aromatic heterocycles. The molecule has 0 saturated carbocycles. The molecule has 1 heterocycles. The van der Waals surface area contributed by atoms with E-state index in [1.54, 1.807) is 0 Å². The smallest absolute Gasteiger partial charge is 0.132 e. The highest BCUT2D eigenvalue weighted by molar-refractivity contribution is 5.95. The molecule has 0 atom stereocenters. The van der Waals surface area contributed by atoms with E-state index in [0.29, 0.717) is 0 Å². The van der Waals surface area contributed by atoms with Crippen LogP contribution < -0.4 is 10.1 Å². The van der Waals surface area contributed by atoms with Crippen LogP contribution in [-0.4, -0.2) is 0 Å². The lowest BCUT2D eigenvalue weighted by Gasteiger charge is -2.39. The molecule has 2 heteroatoms. The maximum atomic E-state index is 6.41. The van der Waals surface area contributed by atoms with E-state index in [1.165, 1.54) is 39.1 Å². The molecular weight excluding hydrogens is 402 g/mol. The standard InChI is InChI=1S/C31H23NO/c1-2-11-21(12-3-1)32-27-18-10-17-26-30(27)22-13-4-5-14-23(22)31(26)24-15-6-8-19-28(24)33-29-20-9-7-16-25(29)31/h2,4-20,32H,1,3H2. The van der Waals surface area contributed by atoms with Gasteiger partial charge in [-0.25, -0.2) is 0 Å². The Kier molecular flexibility index (Phi) is 3.92. The van der Waals surface area contributed by atoms with Crippen molar-refractivity contribution in [2.24, 2.45) is 0 Å². The number of hydrogen-bond donors (Lipinski definition) is 1. The zero-order chi connectivity index (χ0) is 21.8. The summed E-state index contributed by atoms with van der Waals surface area (Å²) in [6.07, 6.45) is 8.91. The summed E-state index contributed by atoms with van der Waals surface area (Å²) < 4.78 is 6.41. The first-order valence-corrected chi connectivity index (χ1v) is 11.6. The summed E-state index contributed by atoms with van der Waals surface area (Å²) in [5, 5.41) is 3.74. The first kappa shape index (κ1) is 18.5. The number of para-hydroxylation sites is 2. The summed E-state index contributed by atoms with van der Waals surface area (Å²) in [6.45, 7) is 0. The van der Waals surface area contributed by atoms with Gasteiger partial charge in [0.05, 0.1) is 5.41 Å². The number of anilines is 1. The van der Waals surface area contributed by atoms with Crippen LogP contribution in [0.4, 0.5) is 5.69 Å². The molecule has 0 amide bonds. The van der Waals surface area contributed by atoms with Gasteiger partial charge in [0.25, 0.3) is 0 Å². The van der Waals surface area contributed by atoms with Crippen LogP contribution in [0.1, 0.15) is 35.1 Å². The zero-order valence-electron chi connectivity index (χ0n) is 18.2. The fourth-order valence-electron chi connectivity index (χ4n) is 5.87. The van der Waals surface area contributed by atoms with Gasteiger partial charge in [0, 0.05) is 28.1 Å². The molecule has 33 heavy (non-hydrogen) atoms. The summed E-state index contributed by atoms with van der Waals surface area (Å²) in [6, 6.07) is 32.5. The lowest BCUT2D eigenvalue weighted by atomic mass is 9.66. The molecule has 2 nitrogen and oxygen atoms in total. The van der Waals surface area contributed by atoms with Crippen molar-refractivity contribution in [3.8, 4) is 22.6 Å². The molecule has 0 unspecified atom stereocenters. The molecule has 0 bridgehead atoms. The molecule has 158 valence electrons. The van der Waals surface area contributed by atoms with E-state index in [-0.39, 0.29) is 0 Å². The number of benzene rings is 4. The Morgan fingerprint density at radius 2 is 1.30 bits per heavy atom. The molecule has 4 aromatic rings. The zero-order valence-corrected chi connectivity index (χ0v) is 18.2. The largest absolute Gasteiger partial charge is 0.457 e. The van der Waals surface area contributed by atoms with Crippen LogP contribution in [-0.2, 0) is 5.41 Å². The van der Waals surface area contributed by atoms with E-state index in [0.717, 1.165) is 30.0 Å². The van der Waals surface area contributed by atoms with Crippen molar-refractivity contribution >= 4 is 5.69 Å². The molecule has 3 aliphatic rings. The average molecular weight is 426 g/mol. The summed E-state index contributed by atoms with van der Waals surface area (Å²) in [5.74, 6) is 1.85. The number of ether oxygens (including phenoxy) is 1. The van der Waals surface area contributed by atoms with Gasteiger partial charge in [-0.15, -0.1) is 0 Å². The van der Waals surface area contributed by atoms with E-state index in [4.69, 9.17) is 4.74 Å². The van der Waals surface area contributed by atoms with Crippen molar-refractivity contribution in [1.82, 2.24) is 0 Å². The minimum absolute atomic E-state index is 0.411. The van der Waals surface area contributed by atoms with Gasteiger partial charge in [0.1, 0.15) is 11.5 Å². The first-order valence-electron chi connectivity index (χ1n) is 11.6. The summed E-state index contributed by atoms with van der Waals surface area (Å²) in [5.41, 5.74) is 9.47. The molecular formula is C31H23NO. The third-order valence-electron chi connectivity index (χ3n) is 7.14. The highest BCUT2D eigenvalue weighted by atomic mass is 16.5. The topological polar surface area (TPSA) is 21.3 Å². The van der Waals surface area contributed by atoms with Crippen molar-refractivity contribution < 1.29 is 4.74 Å². The van der Waals surface area contributed by atoms with Crippen LogP contribution >= 0.6 is 0 Å². The van der Waals surface area contributed by atoms with Crippen LogP contribution in [0.15, 0.2) is 115 Å². The molecule has 2 aliphatic carbocycles. The fraction of sp³-hybridized carbons (Fsp3) is 0.0968. The van der Waals surface area contributed by atoms with E-state index >= 15 is 0 Å². The first-order chi connectivity index (χ1) is 16.4. The highest BCUT2D eigenvalue weighted by Gasteiger charge is 2.51. The molecule has 0 fully saturated rings. The van der Waals surface area contributed by atoms with Crippen LogP contribution in [0, 0.1) is 0 Å². The molecule has 0 saturated heterocycles. The molecule has 7 rings (SSSR count). The van der Waals surface area contributed by atoms with Crippen molar-refractivity contribution in [3.63, 3.8) is 0 Å². The van der Waals surface area contributed by atoms with E-state index in [9.17, 15) is 0 Å². The van der Waals surface area contributed by atoms with Gasteiger partial charge in [-0.2, -0.15) is 0 Å². The Morgan fingerprint density at radius 1 is 0.636 bits per heavy atom. The Hall–Kier alpha value is -4.04. The maximum Gasteiger partial charge on any atom is 0.132 e. The summed E-state index contributed by atoms with van der Waals surface area (Å²) in [4.78, 5) is 0. The number of rotatable bonds is 2. The molecule has 1 aliphatic heterocycles. The van der Waals surface area contributed by atoms with E-state index in [2.05, 4.69) is 115 Å². The quantitative estimate of drug-likeness (QED) is 0.305. The van der Waals surface area contributed by atoms with Crippen LogP contribution in [0.2, 0.25) is 0 Å². The predicted molar refractivity (Wildman–Crippen MR) is 134 cm³/mol. The molecule has 0 radical (unpaired) electrons. The van der Waals surface area contributed by atoms with Gasteiger partial charge in [0.2, 0.25) is 0 Å². The average Bonchev–Trinajstić information content (AvgIpc) is 3.17. The molecule has 4 aromatic carbocycles. The second-order valence-corrected chi connectivity index (χ2v) is 8.88. The second kappa shape index (κ2) is 6.98. The number of nitrogens with one attached hydrogen (secondary N) is 1. The number of hydrogen-bond acceptors (Lipinski definition) is 2. The highest BCUT2D eigenvalue weighted by Crippen LogP contribution is 2.63. The molecule has 1 spiro atoms. The Balaban J connectivity index is 1.58. The van der Waals surface area contributed by atoms with Gasteiger partial charge in [-0.1, -0.05) is 84.9 Å². The van der Waals surface area contributed by atoms with Crippen LogP contribution in [0.25, 0.3) is 11.1 Å². The van der Waals surface area contributed by atoms with Gasteiger partial charge >= 0.3 is 0 Å². The second-order valence-electron chi connectivity index (χ2n) is 8.88. The van der Waals surface area contributed by atoms with Gasteiger partial charge in [-0.05, 0) is 53.8 Å². The summed E-state index contributed by atoms with van der Waals surface area (Å²) >= 11 is 0. The Bertz CT molecular complexity index is 1430. The normalized spacial score (nSPS) is 16.2. The lowest BCUT2D eigenvalue weighted by molar-refractivity contribution is 0.436. The van der Waals surface area contributed by atoms with Crippen LogP contribution in [0.3, 0.4) is 0 Å². The minimum atomic E-state index is -0.411. The van der Waals surface area contributed by atoms with Gasteiger partial charge in [0.15, 0.2) is 0 Å². The van der Waals surface area contributed by atoms with Crippen molar-refractivity contribution in [2.75, 3.05) is 5.32 Å². The fourth-order valence-corrected chi connectivity index (χ4v) is 5.87. The van der Waals surface area contributed by atoms with Gasteiger partial charge in [-0.3, -0.25) is 0 Å². The Morgan fingerprint density at radius 3 is 2.03 bits per heavy atom. The van der Waals surface area contributed by atoms with Gasteiger partial charge < -0.3 is 10.1 Å². The van der Waals surface area contributed by atoms with Crippen molar-refractivity contribution in [2.45, 2.75) is 18.3 Å². The minimum Gasteiger partial charge on any atom is -0.457 e. The van der Waals surface area contributed by atoms with E-state index in [1.807, 2.05) is 0 Å². The number of allylic oxidation sites excluding steroid dienone is 3. The third kappa shape index (κ3) is 2.49. The summed E-state index contributed by atoms with van der Waals surface area (Å²) in [7, 11) is 0. The number of fused-ring (bicyclic) bond motifs is 9. The monoisotopic (exact) mass is 425 g/mol. The van der Waals surface area contributed by atoms with E-state index < -0.39 is 5.41 Å². The lowest BCUT2D eigenvalue weighted by Crippen LogP contribution is -2.32. The van der Waals surface area contributed by atoms with Crippen molar-refractivity contribution in [1.29, 1.82) is 0 Å². The third-order valence-corrected chi connectivity index (χ3v) is 7.14. The SMILES string of the molecule is C1=CC(Nc2cccc3c2-c2ccccc2C32c3ccccc3Oc3ccccc32)=CCC1.